The topological polar surface area (TPSA) is 84.5 Å². The molecule has 1 atom stereocenters. The summed E-state index contributed by atoms with van der Waals surface area (Å²) in [4.78, 5) is 13.1. The number of methoxy groups -OCH3 is 1. The second kappa shape index (κ2) is 9.76. The van der Waals surface area contributed by atoms with Gasteiger partial charge in [0.1, 0.15) is 16.7 Å². The van der Waals surface area contributed by atoms with Crippen molar-refractivity contribution in [3.05, 3.63) is 89.5 Å². The van der Waals surface area contributed by atoms with E-state index in [1.54, 1.807) is 25.1 Å². The van der Waals surface area contributed by atoms with Gasteiger partial charge in [0.25, 0.3) is 0 Å². The number of hydrogen-bond acceptors (Lipinski definition) is 4. The zero-order chi connectivity index (χ0) is 22.4. The normalized spacial score (nSPS) is 12.2. The number of anilines is 1. The Morgan fingerprint density at radius 3 is 2.32 bits per heavy atom. The molecule has 0 heterocycles. The highest BCUT2D eigenvalue weighted by molar-refractivity contribution is 7.89. The number of hydrogen-bond donors (Lipinski definition) is 2. The average Bonchev–Trinajstić information content (AvgIpc) is 2.75. The van der Waals surface area contributed by atoms with Gasteiger partial charge in [-0.05, 0) is 55.2 Å². The van der Waals surface area contributed by atoms with Crippen molar-refractivity contribution in [1.29, 1.82) is 0 Å². The molecule has 0 aliphatic carbocycles. The number of carbonyl (C=O) groups is 1. The molecule has 0 radical (unpaired) electrons. The minimum atomic E-state index is -4.03. The van der Waals surface area contributed by atoms with E-state index in [2.05, 4.69) is 10.0 Å². The van der Waals surface area contributed by atoms with Crippen LogP contribution in [0.2, 0.25) is 0 Å². The van der Waals surface area contributed by atoms with E-state index >= 15 is 0 Å². The Hall–Kier alpha value is -3.16. The second-order valence-corrected chi connectivity index (χ2v) is 9.00. The lowest BCUT2D eigenvalue weighted by atomic mass is 10.1. The summed E-state index contributed by atoms with van der Waals surface area (Å²) in [6, 6.07) is 20.5. The summed E-state index contributed by atoms with van der Waals surface area (Å²) in [6.45, 7) is 3.67. The Labute approximate surface area is 183 Å². The molecule has 3 rings (SSSR count). The van der Waals surface area contributed by atoms with E-state index in [-0.39, 0.29) is 17.1 Å². The molecule has 7 heteroatoms. The molecule has 0 saturated heterocycles. The van der Waals surface area contributed by atoms with Crippen molar-refractivity contribution in [1.82, 2.24) is 4.72 Å². The number of aryl methyl sites for hydroxylation is 2. The number of ether oxygens (including phenoxy) is 1. The van der Waals surface area contributed by atoms with Crippen molar-refractivity contribution in [3.8, 4) is 5.75 Å². The van der Waals surface area contributed by atoms with Crippen LogP contribution in [-0.4, -0.2) is 27.5 Å². The number of nitrogens with one attached hydrogen (secondary N) is 2. The SMILES string of the molecule is COc1ccc(C)cc1S(=O)(=O)N[C@H](Cc1ccccc1)C(=O)Nc1ccccc1C. The molecule has 6 nitrogen and oxygen atoms in total. The number of benzene rings is 3. The first-order valence-corrected chi connectivity index (χ1v) is 11.4. The van der Waals surface area contributed by atoms with Crippen molar-refractivity contribution >= 4 is 21.6 Å². The van der Waals surface area contributed by atoms with Gasteiger partial charge in [-0.1, -0.05) is 54.6 Å². The Balaban J connectivity index is 1.93. The number of amides is 1. The van der Waals surface area contributed by atoms with Gasteiger partial charge in [0.2, 0.25) is 15.9 Å². The Bertz CT molecular complexity index is 1160. The van der Waals surface area contributed by atoms with Gasteiger partial charge in [-0.25, -0.2) is 8.42 Å². The van der Waals surface area contributed by atoms with Crippen LogP contribution in [0.3, 0.4) is 0 Å². The van der Waals surface area contributed by atoms with Crippen molar-refractivity contribution < 1.29 is 17.9 Å². The maximum Gasteiger partial charge on any atom is 0.245 e. The van der Waals surface area contributed by atoms with Crippen LogP contribution < -0.4 is 14.8 Å². The minimum absolute atomic E-state index is 0.00301. The molecule has 0 aromatic heterocycles. The highest BCUT2D eigenvalue weighted by atomic mass is 32.2. The van der Waals surface area contributed by atoms with Gasteiger partial charge >= 0.3 is 0 Å². The fraction of sp³-hybridized carbons (Fsp3) is 0.208. The molecule has 1 amide bonds. The first kappa shape index (κ1) is 22.5. The van der Waals surface area contributed by atoms with Crippen LogP contribution in [0.5, 0.6) is 5.75 Å². The molecule has 2 N–H and O–H groups in total. The smallest absolute Gasteiger partial charge is 0.245 e. The molecule has 3 aromatic rings. The van der Waals surface area contributed by atoms with Gasteiger partial charge in [0.05, 0.1) is 7.11 Å². The lowest BCUT2D eigenvalue weighted by molar-refractivity contribution is -0.117. The fourth-order valence-corrected chi connectivity index (χ4v) is 4.66. The lowest BCUT2D eigenvalue weighted by Crippen LogP contribution is -2.45. The monoisotopic (exact) mass is 438 g/mol. The van der Waals surface area contributed by atoms with E-state index in [0.717, 1.165) is 16.7 Å². The predicted molar refractivity (Wildman–Crippen MR) is 122 cm³/mol. The van der Waals surface area contributed by atoms with Crippen molar-refractivity contribution in [2.45, 2.75) is 31.2 Å². The minimum Gasteiger partial charge on any atom is -0.495 e. The zero-order valence-corrected chi connectivity index (χ0v) is 18.6. The van der Waals surface area contributed by atoms with Crippen molar-refractivity contribution in [2.24, 2.45) is 0 Å². The lowest BCUT2D eigenvalue weighted by Gasteiger charge is -2.20. The van der Waals surface area contributed by atoms with Gasteiger partial charge in [0.15, 0.2) is 0 Å². The summed E-state index contributed by atoms with van der Waals surface area (Å²) in [6.07, 6.45) is 0.200. The van der Waals surface area contributed by atoms with E-state index in [4.69, 9.17) is 4.74 Å². The number of carbonyl (C=O) groups excluding carboxylic acids is 1. The van der Waals surface area contributed by atoms with Crippen LogP contribution in [0.25, 0.3) is 0 Å². The van der Waals surface area contributed by atoms with Gasteiger partial charge in [-0.2, -0.15) is 4.72 Å². The zero-order valence-electron chi connectivity index (χ0n) is 17.8. The maximum absolute atomic E-state index is 13.2. The third-order valence-electron chi connectivity index (χ3n) is 4.91. The first-order chi connectivity index (χ1) is 14.8. The largest absolute Gasteiger partial charge is 0.495 e. The van der Waals surface area contributed by atoms with E-state index in [9.17, 15) is 13.2 Å². The molecule has 0 aliphatic heterocycles. The molecule has 0 spiro atoms. The third-order valence-corrected chi connectivity index (χ3v) is 6.40. The van der Waals surface area contributed by atoms with E-state index in [1.807, 2.05) is 55.5 Å². The molecule has 0 unspecified atom stereocenters. The maximum atomic E-state index is 13.2. The number of para-hydroxylation sites is 1. The van der Waals surface area contributed by atoms with Crippen molar-refractivity contribution in [2.75, 3.05) is 12.4 Å². The van der Waals surface area contributed by atoms with E-state index < -0.39 is 22.0 Å². The average molecular weight is 439 g/mol. The summed E-state index contributed by atoms with van der Waals surface area (Å²) in [5.41, 5.74) is 3.13. The third kappa shape index (κ3) is 5.71. The van der Waals surface area contributed by atoms with Crippen LogP contribution in [-0.2, 0) is 21.2 Å². The molecule has 162 valence electrons. The van der Waals surface area contributed by atoms with Gasteiger partial charge in [-0.3, -0.25) is 4.79 Å². The molecule has 3 aromatic carbocycles. The molecule has 0 fully saturated rings. The van der Waals surface area contributed by atoms with Gasteiger partial charge in [0, 0.05) is 5.69 Å². The Morgan fingerprint density at radius 1 is 0.968 bits per heavy atom. The fourth-order valence-electron chi connectivity index (χ4n) is 3.22. The summed E-state index contributed by atoms with van der Waals surface area (Å²) in [7, 11) is -2.62. The highest BCUT2D eigenvalue weighted by Gasteiger charge is 2.28. The number of rotatable bonds is 8. The van der Waals surface area contributed by atoms with Crippen molar-refractivity contribution in [3.63, 3.8) is 0 Å². The van der Waals surface area contributed by atoms with E-state index in [0.29, 0.717) is 5.69 Å². The highest BCUT2D eigenvalue weighted by Crippen LogP contribution is 2.25. The summed E-state index contributed by atoms with van der Waals surface area (Å²) in [5.74, 6) is -0.218. The van der Waals surface area contributed by atoms with Crippen LogP contribution in [0.1, 0.15) is 16.7 Å². The predicted octanol–water partition coefficient (Wildman–Crippen LogP) is 3.84. The number of sulfonamides is 1. The molecule has 0 saturated carbocycles. The summed E-state index contributed by atoms with van der Waals surface area (Å²) >= 11 is 0. The second-order valence-electron chi connectivity index (χ2n) is 7.32. The standard InChI is InChI=1S/C24H26N2O4S/c1-17-13-14-22(30-3)23(15-17)31(28,29)26-21(16-19-10-5-4-6-11-19)24(27)25-20-12-8-7-9-18(20)2/h4-15,21,26H,16H2,1-3H3,(H,25,27)/t21-/m1/s1. The first-order valence-electron chi connectivity index (χ1n) is 9.87. The molecular formula is C24H26N2O4S. The molecule has 0 aliphatic rings. The Kier molecular flexibility index (Phi) is 7.09. The summed E-state index contributed by atoms with van der Waals surface area (Å²) in [5, 5.41) is 2.85. The van der Waals surface area contributed by atoms with Crippen LogP contribution in [0.4, 0.5) is 5.69 Å². The molecule has 31 heavy (non-hydrogen) atoms. The van der Waals surface area contributed by atoms with Gasteiger partial charge < -0.3 is 10.1 Å². The summed E-state index contributed by atoms with van der Waals surface area (Å²) < 4.78 is 34.3. The van der Waals surface area contributed by atoms with E-state index in [1.165, 1.54) is 13.2 Å². The quantitative estimate of drug-likeness (QED) is 0.560. The van der Waals surface area contributed by atoms with Gasteiger partial charge in [-0.15, -0.1) is 0 Å². The van der Waals surface area contributed by atoms with Crippen LogP contribution >= 0.6 is 0 Å². The van der Waals surface area contributed by atoms with Crippen LogP contribution in [0.15, 0.2) is 77.7 Å². The molecular weight excluding hydrogens is 412 g/mol. The molecule has 0 bridgehead atoms. The Morgan fingerprint density at radius 2 is 1.65 bits per heavy atom. The van der Waals surface area contributed by atoms with Crippen LogP contribution in [0, 0.1) is 13.8 Å².